The van der Waals surface area contributed by atoms with Crippen LogP contribution in [0.3, 0.4) is 0 Å². The molecule has 12 rings (SSSR count). The van der Waals surface area contributed by atoms with Gasteiger partial charge < -0.3 is 4.57 Å². The van der Waals surface area contributed by atoms with Crippen LogP contribution in [0.4, 0.5) is 0 Å². The Morgan fingerprint density at radius 3 is 1.81 bits per heavy atom. The van der Waals surface area contributed by atoms with E-state index in [0.29, 0.717) is 11.4 Å². The molecule has 0 atom stereocenters. The maximum absolute atomic E-state index is 9.76. The van der Waals surface area contributed by atoms with Gasteiger partial charge in [0.2, 0.25) is 0 Å². The highest BCUT2D eigenvalue weighted by molar-refractivity contribution is 6.19. The molecule has 0 saturated carbocycles. The van der Waals surface area contributed by atoms with Gasteiger partial charge in [0.15, 0.2) is 5.82 Å². The molecule has 2 aromatic heterocycles. The number of fused-ring (bicyclic) bond motifs is 14. The van der Waals surface area contributed by atoms with Gasteiger partial charge in [-0.25, -0.2) is 9.97 Å². The standard InChI is InChI=1S/C54H32N4/c55-33-34-15-14-18-36(31-34)53-56-46(35-16-2-1-3-17-35)32-47(57-53)40-22-7-12-27-48(40)58-49-28-13-8-23-41(49)52-50(58)30-29-45-51(52)39-21-6-11-26-44(39)54(45)42-24-9-4-19-37(42)38-20-5-10-25-43(38)54/h1-32H. The van der Waals surface area contributed by atoms with Gasteiger partial charge in [0.05, 0.1) is 45.2 Å². The summed E-state index contributed by atoms with van der Waals surface area (Å²) in [6.45, 7) is 0. The van der Waals surface area contributed by atoms with Crippen LogP contribution in [0.1, 0.15) is 27.8 Å². The van der Waals surface area contributed by atoms with E-state index in [1.807, 2.05) is 42.5 Å². The van der Waals surface area contributed by atoms with Crippen LogP contribution >= 0.6 is 0 Å². The second-order valence-corrected chi connectivity index (χ2v) is 15.2. The van der Waals surface area contributed by atoms with Gasteiger partial charge in [0.1, 0.15) is 0 Å². The van der Waals surface area contributed by atoms with E-state index < -0.39 is 5.41 Å². The van der Waals surface area contributed by atoms with Crippen molar-refractivity contribution in [1.82, 2.24) is 14.5 Å². The molecular weight excluding hydrogens is 705 g/mol. The largest absolute Gasteiger partial charge is 0.309 e. The summed E-state index contributed by atoms with van der Waals surface area (Å²) in [6, 6.07) is 71.2. The molecule has 0 aliphatic heterocycles. The van der Waals surface area contributed by atoms with E-state index in [4.69, 9.17) is 9.97 Å². The number of hydrogen-bond donors (Lipinski definition) is 0. The first-order valence-electron chi connectivity index (χ1n) is 19.6. The zero-order valence-corrected chi connectivity index (χ0v) is 31.3. The van der Waals surface area contributed by atoms with Crippen LogP contribution in [0, 0.1) is 11.3 Å². The van der Waals surface area contributed by atoms with Crippen molar-refractivity contribution in [2.45, 2.75) is 5.41 Å². The van der Waals surface area contributed by atoms with Gasteiger partial charge in [-0.2, -0.15) is 5.26 Å². The Morgan fingerprint density at radius 2 is 1.05 bits per heavy atom. The molecule has 0 unspecified atom stereocenters. The third kappa shape index (κ3) is 4.39. The number of nitriles is 1. The van der Waals surface area contributed by atoms with Crippen molar-refractivity contribution < 1.29 is 0 Å². The maximum atomic E-state index is 9.76. The lowest BCUT2D eigenvalue weighted by atomic mass is 9.70. The summed E-state index contributed by atoms with van der Waals surface area (Å²) in [4.78, 5) is 10.3. The molecule has 4 heteroatoms. The molecule has 268 valence electrons. The topological polar surface area (TPSA) is 54.5 Å². The van der Waals surface area contributed by atoms with Crippen molar-refractivity contribution in [2.24, 2.45) is 0 Å². The molecule has 2 heterocycles. The molecule has 1 spiro atoms. The van der Waals surface area contributed by atoms with Crippen LogP contribution < -0.4 is 0 Å². The van der Waals surface area contributed by atoms with Gasteiger partial charge in [-0.15, -0.1) is 0 Å². The molecule has 0 amide bonds. The second-order valence-electron chi connectivity index (χ2n) is 15.2. The zero-order valence-electron chi connectivity index (χ0n) is 31.3. The molecule has 0 fully saturated rings. The van der Waals surface area contributed by atoms with Crippen LogP contribution in [0.2, 0.25) is 0 Å². The minimum atomic E-state index is -0.428. The fraction of sp³-hybridized carbons (Fsp3) is 0.0185. The van der Waals surface area contributed by atoms with E-state index in [2.05, 4.69) is 162 Å². The van der Waals surface area contributed by atoms with E-state index >= 15 is 0 Å². The number of aromatic nitrogens is 3. The molecular formula is C54H32N4. The van der Waals surface area contributed by atoms with Gasteiger partial charge in [-0.05, 0) is 80.9 Å². The van der Waals surface area contributed by atoms with Crippen LogP contribution in [0.15, 0.2) is 194 Å². The quantitative estimate of drug-likeness (QED) is 0.181. The van der Waals surface area contributed by atoms with Crippen molar-refractivity contribution in [1.29, 1.82) is 5.26 Å². The maximum Gasteiger partial charge on any atom is 0.160 e. The van der Waals surface area contributed by atoms with Gasteiger partial charge in [0, 0.05) is 27.5 Å². The summed E-state index contributed by atoms with van der Waals surface area (Å²) < 4.78 is 2.42. The minimum Gasteiger partial charge on any atom is -0.309 e. The number of hydrogen-bond acceptors (Lipinski definition) is 3. The van der Waals surface area contributed by atoms with E-state index in [1.165, 1.54) is 55.3 Å². The van der Waals surface area contributed by atoms with E-state index in [1.54, 1.807) is 0 Å². The highest BCUT2D eigenvalue weighted by atomic mass is 15.0. The molecule has 0 bridgehead atoms. The Kier molecular flexibility index (Phi) is 6.88. The van der Waals surface area contributed by atoms with Crippen LogP contribution in [-0.4, -0.2) is 14.5 Å². The average molecular weight is 737 g/mol. The highest BCUT2D eigenvalue weighted by Gasteiger charge is 2.52. The van der Waals surface area contributed by atoms with Gasteiger partial charge >= 0.3 is 0 Å². The number of benzene rings is 8. The van der Waals surface area contributed by atoms with Gasteiger partial charge in [0.25, 0.3) is 0 Å². The van der Waals surface area contributed by atoms with Crippen molar-refractivity contribution >= 4 is 21.8 Å². The number of rotatable bonds is 4. The predicted molar refractivity (Wildman–Crippen MR) is 234 cm³/mol. The molecule has 0 N–H and O–H groups in total. The first-order valence-corrected chi connectivity index (χ1v) is 19.6. The lowest BCUT2D eigenvalue weighted by Gasteiger charge is -2.30. The second kappa shape index (κ2) is 12.3. The van der Waals surface area contributed by atoms with Crippen molar-refractivity contribution in [3.05, 3.63) is 222 Å². The highest BCUT2D eigenvalue weighted by Crippen LogP contribution is 2.64. The Hall–Kier alpha value is -7.87. The Morgan fingerprint density at radius 1 is 0.448 bits per heavy atom. The SMILES string of the molecule is N#Cc1cccc(-c2nc(-c3ccccc3)cc(-c3ccccc3-n3c4ccccc4c4c5c(ccc43)C3(c4ccccc4-c4ccccc43)c3ccccc3-5)n2)c1. The van der Waals surface area contributed by atoms with Gasteiger partial charge in [-0.3, -0.25) is 0 Å². The Labute approximate surface area is 335 Å². The van der Waals surface area contributed by atoms with Crippen molar-refractivity contribution in [3.63, 3.8) is 0 Å². The Bertz CT molecular complexity index is 3320. The summed E-state index contributed by atoms with van der Waals surface area (Å²) in [5.74, 6) is 0.572. The lowest BCUT2D eigenvalue weighted by molar-refractivity contribution is 0.794. The summed E-state index contributed by atoms with van der Waals surface area (Å²) in [5, 5.41) is 12.2. The van der Waals surface area contributed by atoms with Crippen molar-refractivity contribution in [2.75, 3.05) is 0 Å². The third-order valence-corrected chi connectivity index (χ3v) is 12.3. The smallest absolute Gasteiger partial charge is 0.160 e. The van der Waals surface area contributed by atoms with Gasteiger partial charge in [-0.1, -0.05) is 158 Å². The molecule has 8 aromatic carbocycles. The fourth-order valence-electron chi connectivity index (χ4n) is 9.99. The molecule has 0 saturated heterocycles. The van der Waals surface area contributed by atoms with E-state index in [-0.39, 0.29) is 0 Å². The summed E-state index contributed by atoms with van der Waals surface area (Å²) in [7, 11) is 0. The fourth-order valence-corrected chi connectivity index (χ4v) is 9.99. The molecule has 4 nitrogen and oxygen atoms in total. The summed E-state index contributed by atoms with van der Waals surface area (Å²) in [6.07, 6.45) is 0. The molecule has 2 aliphatic rings. The van der Waals surface area contributed by atoms with E-state index in [9.17, 15) is 5.26 Å². The first-order chi connectivity index (χ1) is 28.7. The summed E-state index contributed by atoms with van der Waals surface area (Å²) >= 11 is 0. The number of para-hydroxylation sites is 2. The third-order valence-electron chi connectivity index (χ3n) is 12.3. The minimum absolute atomic E-state index is 0.428. The molecule has 58 heavy (non-hydrogen) atoms. The van der Waals surface area contributed by atoms with Crippen LogP contribution in [-0.2, 0) is 5.41 Å². The molecule has 0 radical (unpaired) electrons. The van der Waals surface area contributed by atoms with Crippen LogP contribution in [0.25, 0.3) is 83.6 Å². The first kappa shape index (κ1) is 32.4. The van der Waals surface area contributed by atoms with Crippen LogP contribution in [0.5, 0.6) is 0 Å². The molecule has 2 aliphatic carbocycles. The average Bonchev–Trinajstić information content (AvgIpc) is 3.91. The normalized spacial score (nSPS) is 12.9. The summed E-state index contributed by atoms with van der Waals surface area (Å²) in [5.41, 5.74) is 18.3. The molecule has 10 aromatic rings. The predicted octanol–water partition coefficient (Wildman–Crippen LogP) is 12.8. The van der Waals surface area contributed by atoms with E-state index in [0.717, 1.165) is 44.8 Å². The Balaban J connectivity index is 1.15. The number of nitrogens with zero attached hydrogens (tertiary/aromatic N) is 4. The zero-order chi connectivity index (χ0) is 38.4. The van der Waals surface area contributed by atoms with Crippen molar-refractivity contribution in [3.8, 4) is 67.9 Å². The lowest BCUT2D eigenvalue weighted by Crippen LogP contribution is -2.25. The monoisotopic (exact) mass is 736 g/mol.